The Hall–Kier alpha value is -3.61. The summed E-state index contributed by atoms with van der Waals surface area (Å²) < 4.78 is 1.59. The maximum Gasteiger partial charge on any atom is 0.246 e. The first-order valence-electron chi connectivity index (χ1n) is 9.46. The van der Waals surface area contributed by atoms with Gasteiger partial charge in [0.2, 0.25) is 5.91 Å². The molecule has 0 radical (unpaired) electrons. The fraction of sp³-hybridized carbons (Fsp3) is 0.227. The van der Waals surface area contributed by atoms with Crippen LogP contribution in [0.3, 0.4) is 0 Å². The number of aliphatic imine (C=N–C) groups is 1. The first-order chi connectivity index (χ1) is 14.1. The van der Waals surface area contributed by atoms with Crippen molar-refractivity contribution in [3.63, 3.8) is 0 Å². The summed E-state index contributed by atoms with van der Waals surface area (Å²) in [5.74, 6) is 0.690. The molecule has 0 aliphatic rings. The molecule has 29 heavy (non-hydrogen) atoms. The highest BCUT2D eigenvalue weighted by atomic mass is 16.2. The molecule has 1 aromatic heterocycles. The summed E-state index contributed by atoms with van der Waals surface area (Å²) in [7, 11) is 3.92. The van der Waals surface area contributed by atoms with Crippen LogP contribution in [0.15, 0.2) is 78.0 Å². The molecule has 0 atom stereocenters. The number of anilines is 1. The van der Waals surface area contributed by atoms with E-state index >= 15 is 0 Å². The zero-order chi connectivity index (χ0) is 20.5. The highest BCUT2D eigenvalue weighted by Gasteiger charge is 2.05. The summed E-state index contributed by atoms with van der Waals surface area (Å²) in [6.45, 7) is 1.41. The minimum atomic E-state index is -0.118. The lowest BCUT2D eigenvalue weighted by Crippen LogP contribution is -2.36. The number of aromatic nitrogens is 2. The van der Waals surface area contributed by atoms with E-state index in [0.29, 0.717) is 13.1 Å². The van der Waals surface area contributed by atoms with Crippen molar-refractivity contribution in [2.24, 2.45) is 4.99 Å². The Morgan fingerprint density at radius 3 is 2.59 bits per heavy atom. The van der Waals surface area contributed by atoms with Crippen LogP contribution in [0, 0.1) is 0 Å². The van der Waals surface area contributed by atoms with Crippen molar-refractivity contribution in [2.75, 3.05) is 19.4 Å². The minimum Gasteiger partial charge on any atom is -0.352 e. The summed E-state index contributed by atoms with van der Waals surface area (Å²) in [6, 6.07) is 19.7. The number of amides is 1. The van der Waals surface area contributed by atoms with E-state index in [9.17, 15) is 4.79 Å². The standard InChI is InChI=1S/C22H26N6O/c1-27(2)22(23-15-18-8-4-3-5-9-18)24-16-19-10-6-11-20(14-19)26-21(29)17-28-13-7-12-25-28/h3-14H,15-17H2,1-2H3,(H,23,24)(H,26,29). The Balaban J connectivity index is 1.59. The van der Waals surface area contributed by atoms with Gasteiger partial charge < -0.3 is 15.5 Å². The van der Waals surface area contributed by atoms with E-state index in [0.717, 1.165) is 17.2 Å². The second-order valence-electron chi connectivity index (χ2n) is 6.83. The molecule has 1 heterocycles. The van der Waals surface area contributed by atoms with Gasteiger partial charge in [-0.25, -0.2) is 4.99 Å². The lowest BCUT2D eigenvalue weighted by atomic mass is 10.2. The van der Waals surface area contributed by atoms with Crippen LogP contribution in [0.25, 0.3) is 0 Å². The third-order valence-corrected chi connectivity index (χ3v) is 4.20. The molecule has 2 aromatic carbocycles. The summed E-state index contributed by atoms with van der Waals surface area (Å²) in [4.78, 5) is 18.8. The first-order valence-corrected chi connectivity index (χ1v) is 9.46. The third-order valence-electron chi connectivity index (χ3n) is 4.20. The lowest BCUT2D eigenvalue weighted by molar-refractivity contribution is -0.116. The summed E-state index contributed by atoms with van der Waals surface area (Å²) in [5, 5.41) is 10.3. The van der Waals surface area contributed by atoms with Gasteiger partial charge in [0.15, 0.2) is 5.96 Å². The van der Waals surface area contributed by atoms with Gasteiger partial charge in [0.25, 0.3) is 0 Å². The molecule has 2 N–H and O–H groups in total. The first kappa shape index (κ1) is 20.1. The molecule has 1 amide bonds. The Morgan fingerprint density at radius 2 is 1.86 bits per heavy atom. The van der Waals surface area contributed by atoms with Gasteiger partial charge in [-0.05, 0) is 29.3 Å². The zero-order valence-corrected chi connectivity index (χ0v) is 16.7. The monoisotopic (exact) mass is 390 g/mol. The van der Waals surface area contributed by atoms with E-state index in [4.69, 9.17) is 4.99 Å². The highest BCUT2D eigenvalue weighted by Crippen LogP contribution is 2.12. The third kappa shape index (κ3) is 6.49. The zero-order valence-electron chi connectivity index (χ0n) is 16.7. The van der Waals surface area contributed by atoms with Gasteiger partial charge >= 0.3 is 0 Å². The van der Waals surface area contributed by atoms with Crippen molar-refractivity contribution in [3.8, 4) is 0 Å². The Bertz CT molecular complexity index is 935. The van der Waals surface area contributed by atoms with E-state index in [1.165, 1.54) is 5.56 Å². The molecular weight excluding hydrogens is 364 g/mol. The summed E-state index contributed by atoms with van der Waals surface area (Å²) in [6.07, 6.45) is 3.41. The molecule has 0 bridgehead atoms. The molecule has 0 aliphatic carbocycles. The highest BCUT2D eigenvalue weighted by molar-refractivity contribution is 5.90. The molecule has 3 rings (SSSR count). The van der Waals surface area contributed by atoms with Crippen LogP contribution >= 0.6 is 0 Å². The average molecular weight is 390 g/mol. The van der Waals surface area contributed by atoms with E-state index < -0.39 is 0 Å². The summed E-state index contributed by atoms with van der Waals surface area (Å²) >= 11 is 0. The Labute approximate surface area is 171 Å². The molecule has 0 aliphatic heterocycles. The van der Waals surface area contributed by atoms with Crippen molar-refractivity contribution in [2.45, 2.75) is 19.6 Å². The van der Waals surface area contributed by atoms with Crippen LogP contribution in [0.5, 0.6) is 0 Å². The van der Waals surface area contributed by atoms with Gasteiger partial charge in [0, 0.05) is 38.7 Å². The summed E-state index contributed by atoms with van der Waals surface area (Å²) in [5.41, 5.74) is 2.96. The van der Waals surface area contributed by atoms with Gasteiger partial charge in [0.1, 0.15) is 6.54 Å². The molecule has 0 saturated heterocycles. The largest absolute Gasteiger partial charge is 0.352 e. The number of benzene rings is 2. The molecule has 0 fully saturated rings. The van der Waals surface area contributed by atoms with Crippen molar-refractivity contribution in [1.29, 1.82) is 0 Å². The minimum absolute atomic E-state index is 0.118. The average Bonchev–Trinajstić information content (AvgIpc) is 3.21. The fourth-order valence-electron chi connectivity index (χ4n) is 2.79. The second kappa shape index (κ2) is 10.1. The van der Waals surface area contributed by atoms with Gasteiger partial charge in [0.05, 0.1) is 6.54 Å². The van der Waals surface area contributed by atoms with Crippen LogP contribution in [-0.4, -0.2) is 40.6 Å². The van der Waals surface area contributed by atoms with Crippen molar-refractivity contribution >= 4 is 17.6 Å². The topological polar surface area (TPSA) is 74.5 Å². The normalized spacial score (nSPS) is 11.2. The van der Waals surface area contributed by atoms with Crippen LogP contribution in [0.2, 0.25) is 0 Å². The smallest absolute Gasteiger partial charge is 0.246 e. The Kier molecular flexibility index (Phi) is 7.00. The van der Waals surface area contributed by atoms with Gasteiger partial charge in [-0.3, -0.25) is 9.48 Å². The molecule has 7 nitrogen and oxygen atoms in total. The lowest BCUT2D eigenvalue weighted by Gasteiger charge is -2.18. The van der Waals surface area contributed by atoms with Crippen molar-refractivity contribution < 1.29 is 4.79 Å². The quantitative estimate of drug-likeness (QED) is 0.481. The maximum atomic E-state index is 12.2. The molecule has 0 saturated carbocycles. The van der Waals surface area contributed by atoms with Gasteiger partial charge in [-0.15, -0.1) is 0 Å². The van der Waals surface area contributed by atoms with E-state index in [1.54, 1.807) is 23.1 Å². The molecule has 150 valence electrons. The van der Waals surface area contributed by atoms with Gasteiger partial charge in [-0.2, -0.15) is 5.10 Å². The Morgan fingerprint density at radius 1 is 1.07 bits per heavy atom. The second-order valence-corrected chi connectivity index (χ2v) is 6.83. The molecule has 3 aromatic rings. The van der Waals surface area contributed by atoms with Crippen LogP contribution < -0.4 is 10.6 Å². The SMILES string of the molecule is CN(C)C(=NCc1cccc(NC(=O)Cn2cccn2)c1)NCc1ccccc1. The van der Waals surface area contributed by atoms with Crippen molar-refractivity contribution in [3.05, 3.63) is 84.2 Å². The number of nitrogens with one attached hydrogen (secondary N) is 2. The van der Waals surface area contributed by atoms with Crippen LogP contribution in [0.1, 0.15) is 11.1 Å². The number of rotatable bonds is 7. The molecule has 0 spiro atoms. The maximum absolute atomic E-state index is 12.2. The predicted octanol–water partition coefficient (Wildman–Crippen LogP) is 2.73. The molecular formula is C22H26N6O. The molecule has 7 heteroatoms. The predicted molar refractivity (Wildman–Crippen MR) is 115 cm³/mol. The van der Waals surface area contributed by atoms with E-state index in [-0.39, 0.29) is 12.5 Å². The number of hydrogen-bond donors (Lipinski definition) is 2. The number of carbonyl (C=O) groups excluding carboxylic acids is 1. The number of hydrogen-bond acceptors (Lipinski definition) is 3. The number of carbonyl (C=O) groups is 1. The van der Waals surface area contributed by atoms with Crippen molar-refractivity contribution in [1.82, 2.24) is 20.0 Å². The van der Waals surface area contributed by atoms with E-state index in [1.807, 2.05) is 61.5 Å². The fourth-order valence-corrected chi connectivity index (χ4v) is 2.79. The molecule has 0 unspecified atom stereocenters. The van der Waals surface area contributed by atoms with Gasteiger partial charge in [-0.1, -0.05) is 42.5 Å². The number of nitrogens with zero attached hydrogens (tertiary/aromatic N) is 4. The van der Waals surface area contributed by atoms with Crippen LogP contribution in [0.4, 0.5) is 5.69 Å². The van der Waals surface area contributed by atoms with E-state index in [2.05, 4.69) is 27.9 Å². The van der Waals surface area contributed by atoms with Crippen LogP contribution in [-0.2, 0) is 24.4 Å². The number of guanidine groups is 1.